The molecular formula is C30H34F3N3O6S2. The third-order valence-corrected chi connectivity index (χ3v) is 10.3. The van der Waals surface area contributed by atoms with E-state index in [-0.39, 0.29) is 35.3 Å². The van der Waals surface area contributed by atoms with E-state index in [1.54, 1.807) is 12.1 Å². The molecule has 0 saturated heterocycles. The van der Waals surface area contributed by atoms with Gasteiger partial charge in [-0.1, -0.05) is 32.9 Å². The summed E-state index contributed by atoms with van der Waals surface area (Å²) in [4.78, 5) is 33.8. The number of esters is 1. The first-order chi connectivity index (χ1) is 20.5. The van der Waals surface area contributed by atoms with E-state index in [2.05, 4.69) is 36.1 Å². The number of hydrogen-bond acceptors (Lipinski definition) is 9. The maximum absolute atomic E-state index is 13.7. The second-order valence-electron chi connectivity index (χ2n) is 11.6. The number of benzene rings is 1. The molecular weight excluding hydrogens is 619 g/mol. The zero-order valence-corrected chi connectivity index (χ0v) is 26.6. The highest BCUT2D eigenvalue weighted by atomic mass is 32.2. The third kappa shape index (κ3) is 7.40. The summed E-state index contributed by atoms with van der Waals surface area (Å²) in [5.74, 6) is -1.19. The number of aromatic nitrogens is 2. The van der Waals surface area contributed by atoms with Crippen LogP contribution in [0.3, 0.4) is 0 Å². The topological polar surface area (TPSA) is 125 Å². The van der Waals surface area contributed by atoms with Gasteiger partial charge in [-0.2, -0.15) is 13.2 Å². The Labute approximate surface area is 258 Å². The Balaban J connectivity index is 1.52. The van der Waals surface area contributed by atoms with Crippen molar-refractivity contribution in [3.63, 3.8) is 0 Å². The van der Waals surface area contributed by atoms with Crippen molar-refractivity contribution >= 4 is 38.1 Å². The van der Waals surface area contributed by atoms with Crippen molar-refractivity contribution in [1.29, 1.82) is 0 Å². The number of rotatable bonds is 9. The fourth-order valence-electron chi connectivity index (χ4n) is 5.14. The number of alkyl halides is 3. The number of halogens is 3. The van der Waals surface area contributed by atoms with E-state index in [1.165, 1.54) is 37.7 Å². The van der Waals surface area contributed by atoms with Crippen LogP contribution in [0.25, 0.3) is 11.3 Å². The summed E-state index contributed by atoms with van der Waals surface area (Å²) in [6.07, 6.45) is -3.11. The molecule has 238 valence electrons. The minimum absolute atomic E-state index is 0.0687. The molecule has 1 aliphatic carbocycles. The van der Waals surface area contributed by atoms with Crippen molar-refractivity contribution in [3.8, 4) is 17.0 Å². The lowest BCUT2D eigenvalue weighted by atomic mass is 9.72. The van der Waals surface area contributed by atoms with Gasteiger partial charge in [0.05, 0.1) is 31.2 Å². The molecule has 3 aromatic rings. The van der Waals surface area contributed by atoms with Crippen LogP contribution < -0.4 is 10.1 Å². The maximum Gasteiger partial charge on any atom is 0.433 e. The normalized spacial score (nSPS) is 15.4. The smallest absolute Gasteiger partial charge is 0.433 e. The number of anilines is 1. The number of carbonyl (C=O) groups excluding carboxylic acids is 2. The van der Waals surface area contributed by atoms with Crippen LogP contribution in [0.1, 0.15) is 66.5 Å². The molecule has 1 unspecified atom stereocenters. The van der Waals surface area contributed by atoms with Crippen molar-refractivity contribution in [2.75, 3.05) is 25.3 Å². The van der Waals surface area contributed by atoms with Gasteiger partial charge in [-0.15, -0.1) is 11.3 Å². The number of carbonyl (C=O) groups is 2. The molecule has 9 nitrogen and oxygen atoms in total. The number of thiophene rings is 1. The Morgan fingerprint density at radius 2 is 1.82 bits per heavy atom. The highest BCUT2D eigenvalue weighted by Gasteiger charge is 2.36. The van der Waals surface area contributed by atoms with Crippen LogP contribution in [0.5, 0.6) is 5.75 Å². The molecule has 0 bridgehead atoms. The van der Waals surface area contributed by atoms with E-state index in [0.29, 0.717) is 29.0 Å². The molecule has 1 atom stereocenters. The first kappa shape index (κ1) is 33.4. The van der Waals surface area contributed by atoms with Gasteiger partial charge in [0.25, 0.3) is 0 Å². The predicted octanol–water partition coefficient (Wildman–Crippen LogP) is 6.36. The highest BCUT2D eigenvalue weighted by molar-refractivity contribution is 7.91. The number of para-hydroxylation sites is 1. The van der Waals surface area contributed by atoms with Crippen molar-refractivity contribution in [2.45, 2.75) is 64.2 Å². The standard InChI is InChI=1S/C30H34F3N3O6S2/c1-29(2,3)17-12-13-19-22(15-17)43-26(25(19)27(38)42-5)36-24(37)11-8-14-44(39,40)28-34-20(16-23(35-28)30(31,32)33)18-9-6-7-10-21(18)41-4/h6-7,9-10,16-17H,8,11-15H2,1-5H3,(H,36,37). The highest BCUT2D eigenvalue weighted by Crippen LogP contribution is 2.44. The molecule has 0 fully saturated rings. The molecule has 2 aromatic heterocycles. The van der Waals surface area contributed by atoms with E-state index in [9.17, 15) is 31.2 Å². The van der Waals surface area contributed by atoms with Gasteiger partial charge in [0.1, 0.15) is 16.4 Å². The number of hydrogen-bond donors (Lipinski definition) is 1. The zero-order chi connectivity index (χ0) is 32.4. The fraction of sp³-hybridized carbons (Fsp3) is 0.467. The number of fused-ring (bicyclic) bond motifs is 1. The second-order valence-corrected chi connectivity index (χ2v) is 14.7. The van der Waals surface area contributed by atoms with Gasteiger partial charge in [0.15, 0.2) is 0 Å². The summed E-state index contributed by atoms with van der Waals surface area (Å²) in [6.45, 7) is 6.49. The van der Waals surface area contributed by atoms with Crippen LogP contribution in [0.4, 0.5) is 18.2 Å². The molecule has 44 heavy (non-hydrogen) atoms. The van der Waals surface area contributed by atoms with Gasteiger partial charge in [-0.05, 0) is 60.8 Å². The Morgan fingerprint density at radius 3 is 2.45 bits per heavy atom. The lowest BCUT2D eigenvalue weighted by molar-refractivity contribution is -0.141. The average molecular weight is 654 g/mol. The molecule has 0 aliphatic heterocycles. The van der Waals surface area contributed by atoms with Crippen LogP contribution in [0, 0.1) is 11.3 Å². The lowest BCUT2D eigenvalue weighted by Gasteiger charge is -2.33. The van der Waals surface area contributed by atoms with Gasteiger partial charge in [0, 0.05) is 16.9 Å². The number of methoxy groups -OCH3 is 2. The van der Waals surface area contributed by atoms with E-state index in [0.717, 1.165) is 23.3 Å². The summed E-state index contributed by atoms with van der Waals surface area (Å²) in [5.41, 5.74) is -0.302. The number of nitrogens with one attached hydrogen (secondary N) is 1. The largest absolute Gasteiger partial charge is 0.496 e. The molecule has 1 N–H and O–H groups in total. The number of sulfone groups is 1. The molecule has 1 amide bonds. The van der Waals surface area contributed by atoms with Gasteiger partial charge < -0.3 is 14.8 Å². The zero-order valence-electron chi connectivity index (χ0n) is 25.0. The molecule has 1 aromatic carbocycles. The van der Waals surface area contributed by atoms with Crippen LogP contribution in [-0.4, -0.2) is 50.2 Å². The molecule has 0 spiro atoms. The van der Waals surface area contributed by atoms with Crippen molar-refractivity contribution in [3.05, 3.63) is 52.0 Å². The molecule has 2 heterocycles. The molecule has 1 aliphatic rings. The van der Waals surface area contributed by atoms with Gasteiger partial charge in [-0.25, -0.2) is 23.2 Å². The Kier molecular flexibility index (Phi) is 9.74. The Hall–Kier alpha value is -3.52. The van der Waals surface area contributed by atoms with E-state index in [1.807, 2.05) is 0 Å². The van der Waals surface area contributed by atoms with Gasteiger partial charge >= 0.3 is 12.1 Å². The molecule has 0 radical (unpaired) electrons. The Morgan fingerprint density at radius 1 is 1.11 bits per heavy atom. The van der Waals surface area contributed by atoms with Crippen molar-refractivity contribution < 1.29 is 40.7 Å². The lowest BCUT2D eigenvalue weighted by Crippen LogP contribution is -2.26. The van der Waals surface area contributed by atoms with Crippen LogP contribution in [-0.2, 0) is 38.4 Å². The summed E-state index contributed by atoms with van der Waals surface area (Å²) in [7, 11) is -1.83. The van der Waals surface area contributed by atoms with E-state index >= 15 is 0 Å². The fourth-order valence-corrected chi connectivity index (χ4v) is 7.65. The SMILES string of the molecule is COC(=O)c1c(NC(=O)CCCS(=O)(=O)c2nc(-c3ccccc3OC)cc(C(F)(F)F)n2)sc2c1CCC(C(C)(C)C)C2. The molecule has 0 saturated carbocycles. The second kappa shape index (κ2) is 12.8. The first-order valence-corrected chi connectivity index (χ1v) is 16.4. The van der Waals surface area contributed by atoms with E-state index < -0.39 is 44.5 Å². The van der Waals surface area contributed by atoms with Crippen LogP contribution in [0.2, 0.25) is 0 Å². The van der Waals surface area contributed by atoms with E-state index in [4.69, 9.17) is 9.47 Å². The number of nitrogens with zero attached hydrogens (tertiary/aromatic N) is 2. The third-order valence-electron chi connectivity index (χ3n) is 7.61. The monoisotopic (exact) mass is 653 g/mol. The van der Waals surface area contributed by atoms with Crippen molar-refractivity contribution in [1.82, 2.24) is 9.97 Å². The summed E-state index contributed by atoms with van der Waals surface area (Å²) in [6, 6.07) is 6.79. The summed E-state index contributed by atoms with van der Waals surface area (Å²) < 4.78 is 77.4. The summed E-state index contributed by atoms with van der Waals surface area (Å²) >= 11 is 1.31. The van der Waals surface area contributed by atoms with Crippen LogP contribution >= 0.6 is 11.3 Å². The maximum atomic E-state index is 13.7. The predicted molar refractivity (Wildman–Crippen MR) is 160 cm³/mol. The minimum atomic E-state index is -4.94. The average Bonchev–Trinajstić information content (AvgIpc) is 3.32. The number of amides is 1. The minimum Gasteiger partial charge on any atom is -0.496 e. The van der Waals surface area contributed by atoms with Crippen LogP contribution in [0.15, 0.2) is 35.5 Å². The molecule has 4 rings (SSSR count). The summed E-state index contributed by atoms with van der Waals surface area (Å²) in [5, 5.41) is 2.07. The number of ether oxygens (including phenoxy) is 2. The van der Waals surface area contributed by atoms with Crippen molar-refractivity contribution in [2.24, 2.45) is 11.3 Å². The van der Waals surface area contributed by atoms with Gasteiger partial charge in [0.2, 0.25) is 20.9 Å². The molecule has 14 heteroatoms. The van der Waals surface area contributed by atoms with Gasteiger partial charge in [-0.3, -0.25) is 4.79 Å². The first-order valence-electron chi connectivity index (χ1n) is 13.9. The Bertz CT molecular complexity index is 1660. The quantitative estimate of drug-likeness (QED) is 0.209.